The third-order valence-corrected chi connectivity index (χ3v) is 4.87. The zero-order valence-electron chi connectivity index (χ0n) is 15.2. The molecule has 0 fully saturated rings. The van der Waals surface area contributed by atoms with Crippen LogP contribution in [0, 0.1) is 0 Å². The van der Waals surface area contributed by atoms with Crippen LogP contribution in [0.4, 0.5) is 5.69 Å². The SMILES string of the molecule is COC(=O)c1ccc(NC(=O)COC(=O)c2csc(-c3ccc(Cl)cc3)n2)cc1. The van der Waals surface area contributed by atoms with Crippen molar-refractivity contribution in [3.63, 3.8) is 0 Å². The summed E-state index contributed by atoms with van der Waals surface area (Å²) >= 11 is 7.15. The molecule has 2 aromatic carbocycles. The second-order valence-corrected chi connectivity index (χ2v) is 7.03. The molecule has 7 nitrogen and oxygen atoms in total. The fourth-order valence-electron chi connectivity index (χ4n) is 2.30. The second-order valence-electron chi connectivity index (χ2n) is 5.74. The van der Waals surface area contributed by atoms with Gasteiger partial charge in [0.15, 0.2) is 12.3 Å². The first-order valence-electron chi connectivity index (χ1n) is 8.33. The number of methoxy groups -OCH3 is 1. The van der Waals surface area contributed by atoms with E-state index < -0.39 is 24.5 Å². The van der Waals surface area contributed by atoms with Gasteiger partial charge in [-0.1, -0.05) is 23.7 Å². The van der Waals surface area contributed by atoms with Crippen molar-refractivity contribution in [1.29, 1.82) is 0 Å². The predicted molar refractivity (Wildman–Crippen MR) is 109 cm³/mol. The Kier molecular flexibility index (Phi) is 6.58. The lowest BCUT2D eigenvalue weighted by Crippen LogP contribution is -2.21. The molecule has 148 valence electrons. The molecule has 1 amide bonds. The van der Waals surface area contributed by atoms with Crippen LogP contribution >= 0.6 is 22.9 Å². The number of nitrogens with one attached hydrogen (secondary N) is 1. The van der Waals surface area contributed by atoms with Gasteiger partial charge >= 0.3 is 11.9 Å². The summed E-state index contributed by atoms with van der Waals surface area (Å²) in [7, 11) is 1.28. The van der Waals surface area contributed by atoms with Crippen LogP contribution in [0.3, 0.4) is 0 Å². The van der Waals surface area contributed by atoms with Gasteiger partial charge in [0, 0.05) is 21.7 Å². The molecule has 1 N–H and O–H groups in total. The Bertz CT molecular complexity index is 1030. The summed E-state index contributed by atoms with van der Waals surface area (Å²) in [5.74, 6) is -1.69. The van der Waals surface area contributed by atoms with Crippen molar-refractivity contribution in [3.8, 4) is 10.6 Å². The summed E-state index contributed by atoms with van der Waals surface area (Å²) in [4.78, 5) is 39.7. The number of ether oxygens (including phenoxy) is 2. The van der Waals surface area contributed by atoms with Crippen LogP contribution in [0.15, 0.2) is 53.9 Å². The van der Waals surface area contributed by atoms with E-state index in [-0.39, 0.29) is 5.69 Å². The molecule has 29 heavy (non-hydrogen) atoms. The number of thiazole rings is 1. The number of hydrogen-bond donors (Lipinski definition) is 1. The van der Waals surface area contributed by atoms with Crippen molar-refractivity contribution in [3.05, 3.63) is 70.2 Å². The minimum atomic E-state index is -0.697. The maximum absolute atomic E-state index is 12.1. The zero-order chi connectivity index (χ0) is 20.8. The van der Waals surface area contributed by atoms with Gasteiger partial charge in [-0.2, -0.15) is 0 Å². The van der Waals surface area contributed by atoms with Gasteiger partial charge in [-0.05, 0) is 36.4 Å². The zero-order valence-corrected chi connectivity index (χ0v) is 16.8. The molecule has 9 heteroatoms. The summed E-state index contributed by atoms with van der Waals surface area (Å²) in [5, 5.41) is 5.39. The largest absolute Gasteiger partial charge is 0.465 e. The van der Waals surface area contributed by atoms with Crippen molar-refractivity contribution in [2.75, 3.05) is 19.0 Å². The van der Waals surface area contributed by atoms with Crippen molar-refractivity contribution in [1.82, 2.24) is 4.98 Å². The average Bonchev–Trinajstić information content (AvgIpc) is 3.23. The Morgan fingerprint density at radius 3 is 2.38 bits per heavy atom. The second kappa shape index (κ2) is 9.31. The van der Waals surface area contributed by atoms with E-state index in [9.17, 15) is 14.4 Å². The number of rotatable bonds is 6. The first-order valence-corrected chi connectivity index (χ1v) is 9.59. The van der Waals surface area contributed by atoms with Crippen LogP contribution in [-0.4, -0.2) is 36.5 Å². The molecule has 3 rings (SSSR count). The fraction of sp³-hybridized carbons (Fsp3) is 0.100. The first kappa shape index (κ1) is 20.5. The standard InChI is InChI=1S/C20H15ClN2O5S/c1-27-19(25)13-4-8-15(9-5-13)22-17(24)10-28-20(26)16-11-29-18(23-16)12-2-6-14(21)7-3-12/h2-9,11H,10H2,1H3,(H,22,24). The molecular formula is C20H15ClN2O5S. The normalized spacial score (nSPS) is 10.3. The number of halogens is 1. The van der Waals surface area contributed by atoms with Crippen LogP contribution in [0.2, 0.25) is 5.02 Å². The number of nitrogens with zero attached hydrogens (tertiary/aromatic N) is 1. The first-order chi connectivity index (χ1) is 14.0. The monoisotopic (exact) mass is 430 g/mol. The highest BCUT2D eigenvalue weighted by molar-refractivity contribution is 7.13. The molecule has 0 radical (unpaired) electrons. The summed E-state index contributed by atoms with van der Waals surface area (Å²) in [5.41, 5.74) is 1.76. The van der Waals surface area contributed by atoms with Gasteiger partial charge < -0.3 is 14.8 Å². The number of esters is 2. The highest BCUT2D eigenvalue weighted by Gasteiger charge is 2.15. The van der Waals surface area contributed by atoms with Gasteiger partial charge in [0.2, 0.25) is 0 Å². The third-order valence-electron chi connectivity index (χ3n) is 3.73. The lowest BCUT2D eigenvalue weighted by atomic mass is 10.2. The number of anilines is 1. The van der Waals surface area contributed by atoms with E-state index >= 15 is 0 Å². The highest BCUT2D eigenvalue weighted by atomic mass is 35.5. The van der Waals surface area contributed by atoms with E-state index in [0.717, 1.165) is 5.56 Å². The number of carbonyl (C=O) groups excluding carboxylic acids is 3. The predicted octanol–water partition coefficient (Wildman–Crippen LogP) is 4.05. The van der Waals surface area contributed by atoms with Crippen LogP contribution in [-0.2, 0) is 14.3 Å². The molecule has 0 atom stereocenters. The van der Waals surface area contributed by atoms with E-state index in [1.54, 1.807) is 41.8 Å². The Balaban J connectivity index is 1.53. The molecule has 0 spiro atoms. The van der Waals surface area contributed by atoms with Crippen molar-refractivity contribution >= 4 is 46.5 Å². The number of aromatic nitrogens is 1. The summed E-state index contributed by atoms with van der Waals surface area (Å²) in [6.45, 7) is -0.467. The van der Waals surface area contributed by atoms with Crippen molar-refractivity contribution in [2.45, 2.75) is 0 Å². The lowest BCUT2D eigenvalue weighted by Gasteiger charge is -2.06. The summed E-state index contributed by atoms with van der Waals surface area (Å²) in [6.07, 6.45) is 0. The maximum atomic E-state index is 12.1. The average molecular weight is 431 g/mol. The van der Waals surface area contributed by atoms with Crippen LogP contribution in [0.5, 0.6) is 0 Å². The number of benzene rings is 2. The van der Waals surface area contributed by atoms with E-state index in [2.05, 4.69) is 15.0 Å². The van der Waals surface area contributed by atoms with Gasteiger partial charge in [-0.25, -0.2) is 14.6 Å². The summed E-state index contributed by atoms with van der Waals surface area (Å²) in [6, 6.07) is 13.2. The highest BCUT2D eigenvalue weighted by Crippen LogP contribution is 2.25. The van der Waals surface area contributed by atoms with Crippen molar-refractivity contribution in [2.24, 2.45) is 0 Å². The van der Waals surface area contributed by atoms with E-state index in [1.807, 2.05) is 0 Å². The molecule has 0 saturated carbocycles. The molecular weight excluding hydrogens is 416 g/mol. The molecule has 0 aliphatic heterocycles. The number of carbonyl (C=O) groups is 3. The van der Waals surface area contributed by atoms with E-state index in [1.165, 1.54) is 30.6 Å². The topological polar surface area (TPSA) is 94.6 Å². The van der Waals surface area contributed by atoms with Gasteiger partial charge in [-0.3, -0.25) is 4.79 Å². The third kappa shape index (κ3) is 5.40. The van der Waals surface area contributed by atoms with Crippen LogP contribution in [0.25, 0.3) is 10.6 Å². The van der Waals surface area contributed by atoms with Gasteiger partial charge in [0.05, 0.1) is 12.7 Å². The smallest absolute Gasteiger partial charge is 0.358 e. The molecule has 1 aromatic heterocycles. The van der Waals surface area contributed by atoms with Gasteiger partial charge in [0.1, 0.15) is 5.01 Å². The Morgan fingerprint density at radius 1 is 1.03 bits per heavy atom. The van der Waals surface area contributed by atoms with Crippen molar-refractivity contribution < 1.29 is 23.9 Å². The minimum Gasteiger partial charge on any atom is -0.465 e. The number of hydrogen-bond acceptors (Lipinski definition) is 7. The number of amides is 1. The minimum absolute atomic E-state index is 0.121. The molecule has 0 aliphatic rings. The van der Waals surface area contributed by atoms with Gasteiger partial charge in [0.25, 0.3) is 5.91 Å². The van der Waals surface area contributed by atoms with Crippen LogP contribution in [0.1, 0.15) is 20.8 Å². The van der Waals surface area contributed by atoms with Crippen LogP contribution < -0.4 is 5.32 Å². The Labute approximate surface area is 175 Å². The fourth-order valence-corrected chi connectivity index (χ4v) is 3.22. The van der Waals surface area contributed by atoms with E-state index in [0.29, 0.717) is 21.3 Å². The quantitative estimate of drug-likeness (QED) is 0.593. The van der Waals surface area contributed by atoms with Gasteiger partial charge in [-0.15, -0.1) is 11.3 Å². The molecule has 0 saturated heterocycles. The maximum Gasteiger partial charge on any atom is 0.358 e. The molecule has 0 aliphatic carbocycles. The summed E-state index contributed by atoms with van der Waals surface area (Å²) < 4.78 is 9.61. The van der Waals surface area contributed by atoms with E-state index in [4.69, 9.17) is 16.3 Å². The molecule has 0 bridgehead atoms. The molecule has 0 unspecified atom stereocenters. The lowest BCUT2D eigenvalue weighted by molar-refractivity contribution is -0.119. The Hall–Kier alpha value is -3.23. The molecule has 3 aromatic rings. The molecule has 1 heterocycles. The Morgan fingerprint density at radius 2 is 1.72 bits per heavy atom.